The van der Waals surface area contributed by atoms with E-state index < -0.39 is 51.7 Å². The van der Waals surface area contributed by atoms with Gasteiger partial charge in [-0.2, -0.15) is 13.2 Å². The van der Waals surface area contributed by atoms with Gasteiger partial charge in [0.2, 0.25) is 5.88 Å². The standard InChI is InChI=1S/C30H32F5N7O3/c1-16-12-41(13-17(2)39(16)3)22-10-21(31)26(18-5-7-40(8-6-18)23-11-24(45-4)38-15-37-23)27(32)28(22)42-14-19(29(36)44)20(9-25(42)43)30(33,34)35/h5,9-11,14-17H,6-8,12-13H2,1-4H3,(H2,36,44)/t16-,17+. The number of ether oxygens (including phenoxy) is 1. The van der Waals surface area contributed by atoms with Crippen LogP contribution in [0.25, 0.3) is 11.3 Å². The van der Waals surface area contributed by atoms with E-state index in [-0.39, 0.29) is 36.8 Å². The Morgan fingerprint density at radius 2 is 1.76 bits per heavy atom. The van der Waals surface area contributed by atoms with Crippen molar-refractivity contribution >= 4 is 23.0 Å². The van der Waals surface area contributed by atoms with Crippen molar-refractivity contribution in [1.82, 2.24) is 19.4 Å². The van der Waals surface area contributed by atoms with Crippen LogP contribution in [0.2, 0.25) is 0 Å². The molecule has 0 bridgehead atoms. The fourth-order valence-corrected chi connectivity index (χ4v) is 5.82. The zero-order valence-electron chi connectivity index (χ0n) is 25.0. The molecule has 1 saturated heterocycles. The number of hydrogen-bond acceptors (Lipinski definition) is 8. The van der Waals surface area contributed by atoms with Crippen LogP contribution in [0.5, 0.6) is 5.88 Å². The summed E-state index contributed by atoms with van der Waals surface area (Å²) in [5.74, 6) is -2.62. The molecule has 240 valence electrons. The quantitative estimate of drug-likeness (QED) is 0.408. The molecule has 1 fully saturated rings. The maximum Gasteiger partial charge on any atom is 0.417 e. The van der Waals surface area contributed by atoms with Gasteiger partial charge >= 0.3 is 6.18 Å². The second-order valence-corrected chi connectivity index (χ2v) is 11.2. The second-order valence-electron chi connectivity index (χ2n) is 11.2. The van der Waals surface area contributed by atoms with E-state index in [0.29, 0.717) is 47.7 Å². The van der Waals surface area contributed by atoms with Gasteiger partial charge in [0, 0.05) is 62.7 Å². The number of pyridine rings is 1. The summed E-state index contributed by atoms with van der Waals surface area (Å²) >= 11 is 0. The van der Waals surface area contributed by atoms with Crippen LogP contribution >= 0.6 is 0 Å². The average molecular weight is 634 g/mol. The van der Waals surface area contributed by atoms with Crippen molar-refractivity contribution in [3.05, 3.63) is 75.5 Å². The lowest BCUT2D eigenvalue weighted by molar-refractivity contribution is -0.138. The number of halogens is 5. The molecule has 0 spiro atoms. The number of rotatable bonds is 6. The van der Waals surface area contributed by atoms with Crippen LogP contribution in [0.15, 0.2) is 41.6 Å². The molecule has 2 N–H and O–H groups in total. The van der Waals surface area contributed by atoms with Crippen molar-refractivity contribution in [2.75, 3.05) is 50.1 Å². The summed E-state index contributed by atoms with van der Waals surface area (Å²) in [7, 11) is 3.37. The Kier molecular flexibility index (Phi) is 8.58. The SMILES string of the molecule is COc1cc(N2CC=C(c3c(F)cc(N4C[C@@H](C)N(C)[C@@H](C)C4)c(-n4cc(C(N)=O)c(C(F)(F)F)cc4=O)c3F)CC2)ncn1. The van der Waals surface area contributed by atoms with Crippen LogP contribution in [0.4, 0.5) is 33.5 Å². The maximum absolute atomic E-state index is 16.8. The van der Waals surface area contributed by atoms with Crippen LogP contribution in [-0.4, -0.2) is 77.8 Å². The van der Waals surface area contributed by atoms with Gasteiger partial charge in [0.05, 0.1) is 29.5 Å². The molecule has 0 saturated carbocycles. The average Bonchev–Trinajstić information content (AvgIpc) is 2.99. The minimum absolute atomic E-state index is 0.0380. The number of carbonyl (C=O) groups is 1. The van der Waals surface area contributed by atoms with Gasteiger partial charge < -0.3 is 20.3 Å². The highest BCUT2D eigenvalue weighted by molar-refractivity contribution is 5.94. The Morgan fingerprint density at radius 3 is 2.33 bits per heavy atom. The van der Waals surface area contributed by atoms with Crippen molar-refractivity contribution < 1.29 is 31.5 Å². The summed E-state index contributed by atoms with van der Waals surface area (Å²) in [5, 5.41) is 0. The number of aromatic nitrogens is 3. The number of nitrogens with zero attached hydrogens (tertiary/aromatic N) is 6. The first-order valence-corrected chi connectivity index (χ1v) is 14.1. The van der Waals surface area contributed by atoms with Crippen molar-refractivity contribution in [3.63, 3.8) is 0 Å². The Bertz CT molecular complexity index is 1710. The topological polar surface area (TPSA) is 110 Å². The van der Waals surface area contributed by atoms with Gasteiger partial charge in [0.1, 0.15) is 23.6 Å². The summed E-state index contributed by atoms with van der Waals surface area (Å²) in [4.78, 5) is 39.2. The molecular formula is C30H32F5N7O3. The predicted molar refractivity (Wildman–Crippen MR) is 158 cm³/mol. The lowest BCUT2D eigenvalue weighted by Gasteiger charge is -2.44. The van der Waals surface area contributed by atoms with E-state index in [4.69, 9.17) is 10.5 Å². The van der Waals surface area contributed by atoms with E-state index >= 15 is 8.78 Å². The lowest BCUT2D eigenvalue weighted by atomic mass is 9.96. The van der Waals surface area contributed by atoms with Crippen LogP contribution < -0.4 is 25.8 Å². The lowest BCUT2D eigenvalue weighted by Crippen LogP contribution is -2.55. The first-order valence-electron chi connectivity index (χ1n) is 14.1. The molecule has 0 radical (unpaired) electrons. The number of anilines is 2. The van der Waals surface area contributed by atoms with E-state index in [9.17, 15) is 22.8 Å². The highest BCUT2D eigenvalue weighted by Gasteiger charge is 2.37. The third kappa shape index (κ3) is 6.08. The summed E-state index contributed by atoms with van der Waals surface area (Å²) in [6, 6.07) is 2.79. The van der Waals surface area contributed by atoms with Gasteiger partial charge in [-0.05, 0) is 32.9 Å². The third-order valence-corrected chi connectivity index (χ3v) is 8.43. The minimum atomic E-state index is -5.08. The summed E-state index contributed by atoms with van der Waals surface area (Å²) < 4.78 is 79.7. The van der Waals surface area contributed by atoms with Gasteiger partial charge in [-0.25, -0.2) is 18.7 Å². The molecule has 1 amide bonds. The molecule has 2 atom stereocenters. The number of nitrogens with two attached hydrogens (primary N) is 1. The molecule has 4 heterocycles. The van der Waals surface area contributed by atoms with Gasteiger partial charge in [0.15, 0.2) is 5.82 Å². The molecule has 2 aliphatic heterocycles. The molecule has 0 unspecified atom stereocenters. The largest absolute Gasteiger partial charge is 0.481 e. The Balaban J connectivity index is 1.68. The summed E-state index contributed by atoms with van der Waals surface area (Å²) in [5.41, 5.74) is 0.814. The molecule has 0 aliphatic carbocycles. The van der Waals surface area contributed by atoms with E-state index in [1.165, 1.54) is 13.4 Å². The van der Waals surface area contributed by atoms with E-state index in [2.05, 4.69) is 14.9 Å². The van der Waals surface area contributed by atoms with Crippen LogP contribution in [0.1, 0.15) is 41.8 Å². The van der Waals surface area contributed by atoms with Crippen molar-refractivity contribution in [2.45, 2.75) is 38.5 Å². The number of primary amides is 1. The third-order valence-electron chi connectivity index (χ3n) is 8.43. The molecule has 1 aromatic carbocycles. The minimum Gasteiger partial charge on any atom is -0.481 e. The molecule has 3 aromatic rings. The van der Waals surface area contributed by atoms with E-state index in [0.717, 1.165) is 6.07 Å². The highest BCUT2D eigenvalue weighted by Crippen LogP contribution is 2.39. The van der Waals surface area contributed by atoms with E-state index in [1.54, 1.807) is 17.0 Å². The molecule has 45 heavy (non-hydrogen) atoms. The molecular weight excluding hydrogens is 601 g/mol. The molecule has 2 aliphatic rings. The summed E-state index contributed by atoms with van der Waals surface area (Å²) in [6.07, 6.45) is -1.37. The first-order chi connectivity index (χ1) is 21.2. The van der Waals surface area contributed by atoms with Gasteiger partial charge in [-0.15, -0.1) is 0 Å². The number of benzene rings is 1. The molecule has 2 aromatic heterocycles. The van der Waals surface area contributed by atoms with Crippen LogP contribution in [-0.2, 0) is 6.18 Å². The molecule has 10 nitrogen and oxygen atoms in total. The van der Waals surface area contributed by atoms with Gasteiger partial charge in [-0.3, -0.25) is 19.1 Å². The smallest absolute Gasteiger partial charge is 0.417 e. The van der Waals surface area contributed by atoms with Crippen LogP contribution in [0.3, 0.4) is 0 Å². The molecule has 15 heteroatoms. The molecule has 5 rings (SSSR count). The van der Waals surface area contributed by atoms with Gasteiger partial charge in [0.25, 0.3) is 11.5 Å². The van der Waals surface area contributed by atoms with Crippen molar-refractivity contribution in [3.8, 4) is 11.6 Å². The Labute approximate surface area is 255 Å². The number of carbonyl (C=O) groups excluding carboxylic acids is 1. The van der Waals surface area contributed by atoms with Gasteiger partial charge in [-0.1, -0.05) is 6.08 Å². The van der Waals surface area contributed by atoms with Crippen LogP contribution in [0, 0.1) is 11.6 Å². The van der Waals surface area contributed by atoms with E-state index in [1.807, 2.05) is 25.8 Å². The first kappa shape index (κ1) is 31.9. The fourth-order valence-electron chi connectivity index (χ4n) is 5.82. The number of hydrogen-bond donors (Lipinski definition) is 1. The zero-order chi connectivity index (χ0) is 32.8. The number of piperazine rings is 1. The fraction of sp³-hybridized carbons (Fsp3) is 0.400. The predicted octanol–water partition coefficient (Wildman–Crippen LogP) is 3.85. The van der Waals surface area contributed by atoms with Crippen molar-refractivity contribution in [2.24, 2.45) is 5.73 Å². The monoisotopic (exact) mass is 633 g/mol. The normalized spacial score (nSPS) is 19.4. The summed E-state index contributed by atoms with van der Waals surface area (Å²) in [6.45, 7) is 5.01. The number of amides is 1. The maximum atomic E-state index is 16.8. The number of methoxy groups -OCH3 is 1. The second kappa shape index (κ2) is 12.1. The Hall–Kier alpha value is -4.53. The number of likely N-dealkylation sites (N-methyl/N-ethyl adjacent to an activating group) is 1. The Morgan fingerprint density at radius 1 is 1.07 bits per heavy atom. The zero-order valence-corrected chi connectivity index (χ0v) is 25.0. The highest BCUT2D eigenvalue weighted by atomic mass is 19.4. The van der Waals surface area contributed by atoms with Crippen molar-refractivity contribution in [1.29, 1.82) is 0 Å². The number of alkyl halides is 3.